The lowest BCUT2D eigenvalue weighted by Gasteiger charge is -2.09. The lowest BCUT2D eigenvalue weighted by Crippen LogP contribution is -2.00. The van der Waals surface area contributed by atoms with E-state index in [2.05, 4.69) is 0 Å². The van der Waals surface area contributed by atoms with Gasteiger partial charge < -0.3 is 15.6 Å². The molecule has 82 valence electrons. The summed E-state index contributed by atoms with van der Waals surface area (Å²) in [7, 11) is 1.53. The number of ether oxygens (including phenoxy) is 1. The monoisotopic (exact) mass is 217 g/mol. The average Bonchev–Trinajstić information content (AvgIpc) is 2.28. The van der Waals surface area contributed by atoms with Crippen molar-refractivity contribution in [3.05, 3.63) is 35.9 Å². The van der Waals surface area contributed by atoms with E-state index in [1.165, 1.54) is 13.2 Å². The highest BCUT2D eigenvalue weighted by Gasteiger charge is 2.12. The predicted octanol–water partition coefficient (Wildman–Crippen LogP) is 2.13. The number of nitrogens with two attached hydrogens (primary N) is 1. The summed E-state index contributed by atoms with van der Waals surface area (Å²) in [5, 5.41) is 10.3. The topological polar surface area (TPSA) is 72.5 Å². The Labute approximate surface area is 92.3 Å². The molecule has 0 aromatic heterocycles. The number of carboxylic acids is 1. The van der Waals surface area contributed by atoms with Crippen molar-refractivity contribution in [1.29, 1.82) is 0 Å². The Balaban J connectivity index is 2.90. The Morgan fingerprint density at radius 3 is 2.69 bits per heavy atom. The van der Waals surface area contributed by atoms with E-state index in [1.807, 2.05) is 0 Å². The van der Waals surface area contributed by atoms with Crippen molar-refractivity contribution in [2.45, 2.75) is 0 Å². The van der Waals surface area contributed by atoms with Crippen molar-refractivity contribution in [2.24, 2.45) is 0 Å². The van der Waals surface area contributed by atoms with Crippen molar-refractivity contribution in [2.75, 3.05) is 12.8 Å². The first-order valence-corrected chi connectivity index (χ1v) is 4.73. The number of benzene rings is 2. The van der Waals surface area contributed by atoms with Crippen LogP contribution in [0, 0.1) is 0 Å². The molecule has 0 saturated heterocycles. The van der Waals surface area contributed by atoms with E-state index in [0.717, 1.165) is 0 Å². The van der Waals surface area contributed by atoms with Crippen LogP contribution in [0.25, 0.3) is 10.8 Å². The molecular formula is C12H11NO3. The molecule has 2 rings (SSSR count). The van der Waals surface area contributed by atoms with Crippen molar-refractivity contribution in [1.82, 2.24) is 0 Å². The standard InChI is InChI=1S/C12H11NO3/c1-16-10-4-2-3-7-8(12(14)15)5-6-9(13)11(7)10/h2-6H,13H2,1H3,(H,14,15). The molecule has 0 bridgehead atoms. The van der Waals surface area contributed by atoms with Crippen LogP contribution in [-0.4, -0.2) is 18.2 Å². The molecule has 0 saturated carbocycles. The van der Waals surface area contributed by atoms with Crippen LogP contribution in [0.3, 0.4) is 0 Å². The van der Waals surface area contributed by atoms with Gasteiger partial charge in [-0.1, -0.05) is 12.1 Å². The maximum atomic E-state index is 11.0. The summed E-state index contributed by atoms with van der Waals surface area (Å²) in [5.74, 6) is -0.392. The minimum Gasteiger partial charge on any atom is -0.496 e. The van der Waals surface area contributed by atoms with Crippen molar-refractivity contribution in [3.8, 4) is 5.75 Å². The van der Waals surface area contributed by atoms with E-state index in [4.69, 9.17) is 15.6 Å². The number of carbonyl (C=O) groups is 1. The molecule has 0 aliphatic carbocycles. The van der Waals surface area contributed by atoms with Crippen LogP contribution in [0.5, 0.6) is 5.75 Å². The summed E-state index contributed by atoms with van der Waals surface area (Å²) in [4.78, 5) is 11.0. The molecule has 3 N–H and O–H groups in total. The van der Waals surface area contributed by atoms with Gasteiger partial charge in [0.25, 0.3) is 0 Å². The second-order valence-electron chi connectivity index (χ2n) is 3.39. The number of hydrogen-bond donors (Lipinski definition) is 2. The van der Waals surface area contributed by atoms with E-state index in [-0.39, 0.29) is 5.56 Å². The van der Waals surface area contributed by atoms with Gasteiger partial charge in [-0.2, -0.15) is 0 Å². The third-order valence-electron chi connectivity index (χ3n) is 2.48. The number of fused-ring (bicyclic) bond motifs is 1. The summed E-state index contributed by atoms with van der Waals surface area (Å²) in [6, 6.07) is 8.29. The van der Waals surface area contributed by atoms with E-state index < -0.39 is 5.97 Å². The van der Waals surface area contributed by atoms with E-state index in [0.29, 0.717) is 22.2 Å². The molecule has 16 heavy (non-hydrogen) atoms. The highest BCUT2D eigenvalue weighted by molar-refractivity contribution is 6.09. The first-order valence-electron chi connectivity index (χ1n) is 4.73. The number of aromatic carboxylic acids is 1. The van der Waals surface area contributed by atoms with Crippen molar-refractivity contribution in [3.63, 3.8) is 0 Å². The number of rotatable bonds is 2. The maximum Gasteiger partial charge on any atom is 0.336 e. The van der Waals surface area contributed by atoms with E-state index in [9.17, 15) is 4.79 Å². The fraction of sp³-hybridized carbons (Fsp3) is 0.0833. The largest absolute Gasteiger partial charge is 0.496 e. The van der Waals surface area contributed by atoms with Gasteiger partial charge in [0.05, 0.1) is 12.7 Å². The number of hydrogen-bond acceptors (Lipinski definition) is 3. The second-order valence-corrected chi connectivity index (χ2v) is 3.39. The van der Waals surface area contributed by atoms with Gasteiger partial charge in [0.2, 0.25) is 0 Å². The summed E-state index contributed by atoms with van der Waals surface area (Å²) < 4.78 is 5.17. The fourth-order valence-electron chi connectivity index (χ4n) is 1.76. The minimum atomic E-state index is -0.974. The third kappa shape index (κ3) is 1.44. The first-order chi connectivity index (χ1) is 7.65. The highest BCUT2D eigenvalue weighted by atomic mass is 16.5. The van der Waals surface area contributed by atoms with Gasteiger partial charge >= 0.3 is 5.97 Å². The number of anilines is 1. The Morgan fingerprint density at radius 2 is 2.06 bits per heavy atom. The molecule has 0 radical (unpaired) electrons. The Kier molecular flexibility index (Phi) is 2.40. The molecule has 0 fully saturated rings. The molecule has 0 atom stereocenters. The van der Waals surface area contributed by atoms with E-state index >= 15 is 0 Å². The molecule has 0 unspecified atom stereocenters. The Bertz CT molecular complexity index is 563. The van der Waals surface area contributed by atoms with Crippen LogP contribution < -0.4 is 10.5 Å². The molecule has 4 heteroatoms. The normalized spacial score (nSPS) is 10.3. The van der Waals surface area contributed by atoms with Crippen LogP contribution in [0.4, 0.5) is 5.69 Å². The van der Waals surface area contributed by atoms with Gasteiger partial charge in [-0.05, 0) is 18.2 Å². The van der Waals surface area contributed by atoms with Gasteiger partial charge in [0.15, 0.2) is 0 Å². The minimum absolute atomic E-state index is 0.225. The van der Waals surface area contributed by atoms with Gasteiger partial charge in [-0.3, -0.25) is 0 Å². The van der Waals surface area contributed by atoms with Gasteiger partial charge in [-0.25, -0.2) is 4.79 Å². The van der Waals surface area contributed by atoms with Crippen molar-refractivity contribution >= 4 is 22.4 Å². The van der Waals surface area contributed by atoms with Crippen LogP contribution in [-0.2, 0) is 0 Å². The first kappa shape index (κ1) is 10.3. The number of carboxylic acid groups (broad SMARTS) is 1. The lowest BCUT2D eigenvalue weighted by molar-refractivity contribution is 0.0699. The van der Waals surface area contributed by atoms with Crippen LogP contribution in [0.15, 0.2) is 30.3 Å². The Morgan fingerprint density at radius 1 is 1.31 bits per heavy atom. The molecule has 0 heterocycles. The molecule has 0 aliphatic rings. The fourth-order valence-corrected chi connectivity index (χ4v) is 1.76. The second kappa shape index (κ2) is 3.73. The van der Waals surface area contributed by atoms with Crippen LogP contribution in [0.2, 0.25) is 0 Å². The van der Waals surface area contributed by atoms with Crippen molar-refractivity contribution < 1.29 is 14.6 Å². The lowest BCUT2D eigenvalue weighted by atomic mass is 10.0. The summed E-state index contributed by atoms with van der Waals surface area (Å²) in [5.41, 5.74) is 6.57. The molecule has 2 aromatic rings. The van der Waals surface area contributed by atoms with Gasteiger partial charge in [0, 0.05) is 16.5 Å². The molecule has 0 aliphatic heterocycles. The zero-order chi connectivity index (χ0) is 11.7. The number of methoxy groups -OCH3 is 1. The summed E-state index contributed by atoms with van der Waals surface area (Å²) in [6.45, 7) is 0. The quantitative estimate of drug-likeness (QED) is 0.756. The van der Waals surface area contributed by atoms with Crippen LogP contribution in [0.1, 0.15) is 10.4 Å². The van der Waals surface area contributed by atoms with Gasteiger partial charge in [-0.15, -0.1) is 0 Å². The highest BCUT2D eigenvalue weighted by Crippen LogP contribution is 2.32. The number of nitrogen functional groups attached to an aromatic ring is 1. The SMILES string of the molecule is COc1cccc2c(C(=O)O)ccc(N)c12. The van der Waals surface area contributed by atoms with Crippen LogP contribution >= 0.6 is 0 Å². The summed E-state index contributed by atoms with van der Waals surface area (Å²) >= 11 is 0. The van der Waals surface area contributed by atoms with Gasteiger partial charge in [0.1, 0.15) is 5.75 Å². The molecule has 0 amide bonds. The zero-order valence-corrected chi connectivity index (χ0v) is 8.73. The Hall–Kier alpha value is -2.23. The van der Waals surface area contributed by atoms with E-state index in [1.54, 1.807) is 24.3 Å². The molecule has 4 nitrogen and oxygen atoms in total. The zero-order valence-electron chi connectivity index (χ0n) is 8.73. The average molecular weight is 217 g/mol. The summed E-state index contributed by atoms with van der Waals surface area (Å²) in [6.07, 6.45) is 0. The smallest absolute Gasteiger partial charge is 0.336 e. The predicted molar refractivity (Wildman–Crippen MR) is 61.9 cm³/mol. The maximum absolute atomic E-state index is 11.0. The molecule has 2 aromatic carbocycles. The molecular weight excluding hydrogens is 206 g/mol. The third-order valence-corrected chi connectivity index (χ3v) is 2.48. The molecule has 0 spiro atoms.